The molecule has 0 saturated heterocycles. The highest BCUT2D eigenvalue weighted by molar-refractivity contribution is 9.10. The normalized spacial score (nSPS) is 10.8. The van der Waals surface area contributed by atoms with Crippen LogP contribution in [0.3, 0.4) is 0 Å². The van der Waals surface area contributed by atoms with Crippen molar-refractivity contribution >= 4 is 37.8 Å². The second-order valence-electron chi connectivity index (χ2n) is 2.95. The summed E-state index contributed by atoms with van der Waals surface area (Å²) in [5, 5.41) is 8.77. The third-order valence-corrected chi connectivity index (χ3v) is 3.13. The lowest BCUT2D eigenvalue weighted by atomic mass is 10.1. The molecular weight excluding hydrogens is 352 g/mol. The van der Waals surface area contributed by atoms with Gasteiger partial charge in [0.05, 0.1) is 12.1 Å². The van der Waals surface area contributed by atoms with E-state index in [-0.39, 0.29) is 33.0 Å². The van der Waals surface area contributed by atoms with Crippen molar-refractivity contribution in [1.29, 1.82) is 0 Å². The lowest BCUT2D eigenvalue weighted by molar-refractivity contribution is -0.136. The summed E-state index contributed by atoms with van der Waals surface area (Å²) in [6, 6.07) is 0. The second-order valence-corrected chi connectivity index (χ2v) is 4.36. The number of aromatic nitrogens is 1. The topological polar surface area (TPSA) is 50.2 Å². The number of hydrogen-bond acceptors (Lipinski definition) is 2. The zero-order valence-electron chi connectivity index (χ0n) is 7.88. The van der Waals surface area contributed by atoms with E-state index in [2.05, 4.69) is 36.8 Å². The molecule has 7 heteroatoms. The van der Waals surface area contributed by atoms with E-state index in [4.69, 9.17) is 5.11 Å². The summed E-state index contributed by atoms with van der Waals surface area (Å²) < 4.78 is 25.7. The number of nitrogens with zero attached hydrogens (tertiary/aromatic N) is 1. The summed E-state index contributed by atoms with van der Waals surface area (Å²) in [5.41, 5.74) is 0.178. The largest absolute Gasteiger partial charge is 0.481 e. The molecule has 0 amide bonds. The summed E-state index contributed by atoms with van der Waals surface area (Å²) in [4.78, 5) is 14.4. The van der Waals surface area contributed by atoms with Crippen LogP contribution in [0.15, 0.2) is 10.7 Å². The minimum absolute atomic E-state index is 0.141. The molecule has 1 N–H and O–H groups in total. The van der Waals surface area contributed by atoms with Crippen LogP contribution in [0.2, 0.25) is 0 Å². The SMILES string of the molecule is O=C(O)Cc1ncc(Br)c(C(F)F)c1CBr. The molecule has 0 unspecified atom stereocenters. The van der Waals surface area contributed by atoms with Gasteiger partial charge in [0.1, 0.15) is 0 Å². The fraction of sp³-hybridized carbons (Fsp3) is 0.333. The van der Waals surface area contributed by atoms with Crippen molar-refractivity contribution < 1.29 is 18.7 Å². The zero-order chi connectivity index (χ0) is 12.3. The number of carboxylic acids is 1. The van der Waals surface area contributed by atoms with Crippen molar-refractivity contribution in [2.45, 2.75) is 18.2 Å². The van der Waals surface area contributed by atoms with Crippen molar-refractivity contribution in [3.8, 4) is 0 Å². The van der Waals surface area contributed by atoms with Crippen molar-refractivity contribution in [3.63, 3.8) is 0 Å². The van der Waals surface area contributed by atoms with Crippen LogP contribution in [0.1, 0.15) is 23.2 Å². The second kappa shape index (κ2) is 5.67. The third-order valence-electron chi connectivity index (χ3n) is 1.94. The molecule has 0 aliphatic carbocycles. The number of carbonyl (C=O) groups is 1. The molecule has 88 valence electrons. The third kappa shape index (κ3) is 2.98. The number of aliphatic carboxylic acids is 1. The summed E-state index contributed by atoms with van der Waals surface area (Å²) in [5.74, 6) is -1.10. The van der Waals surface area contributed by atoms with Gasteiger partial charge in [0.25, 0.3) is 6.43 Å². The lowest BCUT2D eigenvalue weighted by Gasteiger charge is -2.12. The van der Waals surface area contributed by atoms with Crippen LogP contribution in [0.4, 0.5) is 8.78 Å². The molecule has 0 fully saturated rings. The van der Waals surface area contributed by atoms with Crippen LogP contribution < -0.4 is 0 Å². The van der Waals surface area contributed by atoms with Gasteiger partial charge in [-0.25, -0.2) is 8.78 Å². The number of halogens is 4. The lowest BCUT2D eigenvalue weighted by Crippen LogP contribution is -2.08. The van der Waals surface area contributed by atoms with Crippen LogP contribution >= 0.6 is 31.9 Å². The highest BCUT2D eigenvalue weighted by Gasteiger charge is 2.21. The molecule has 0 aliphatic rings. The first-order chi connectivity index (χ1) is 7.47. The number of pyridine rings is 1. The molecule has 0 aliphatic heterocycles. The maximum Gasteiger partial charge on any atom is 0.309 e. The molecule has 0 spiro atoms. The van der Waals surface area contributed by atoms with Crippen LogP contribution in [-0.4, -0.2) is 16.1 Å². The average Bonchev–Trinajstić information content (AvgIpc) is 2.18. The van der Waals surface area contributed by atoms with Crippen LogP contribution in [0.25, 0.3) is 0 Å². The van der Waals surface area contributed by atoms with E-state index in [1.165, 1.54) is 6.20 Å². The van der Waals surface area contributed by atoms with E-state index in [1.807, 2.05) is 0 Å². The van der Waals surface area contributed by atoms with Crippen molar-refractivity contribution in [1.82, 2.24) is 4.98 Å². The molecule has 1 aromatic heterocycles. The first-order valence-corrected chi connectivity index (χ1v) is 6.10. The van der Waals surface area contributed by atoms with Gasteiger partial charge in [-0.05, 0) is 21.5 Å². The highest BCUT2D eigenvalue weighted by atomic mass is 79.9. The van der Waals surface area contributed by atoms with E-state index >= 15 is 0 Å². The summed E-state index contributed by atoms with van der Waals surface area (Å²) in [7, 11) is 0. The Labute approximate surface area is 107 Å². The van der Waals surface area contributed by atoms with Gasteiger partial charge in [0.15, 0.2) is 0 Å². The van der Waals surface area contributed by atoms with E-state index in [9.17, 15) is 13.6 Å². The molecule has 0 saturated carbocycles. The molecule has 16 heavy (non-hydrogen) atoms. The van der Waals surface area contributed by atoms with Gasteiger partial charge in [-0.1, -0.05) is 15.9 Å². The van der Waals surface area contributed by atoms with Gasteiger partial charge in [-0.3, -0.25) is 9.78 Å². The molecule has 3 nitrogen and oxygen atoms in total. The predicted molar refractivity (Wildman–Crippen MR) is 60.9 cm³/mol. The van der Waals surface area contributed by atoms with Crippen LogP contribution in [0, 0.1) is 0 Å². The Morgan fingerprint density at radius 3 is 2.62 bits per heavy atom. The fourth-order valence-corrected chi connectivity index (χ4v) is 2.40. The fourth-order valence-electron chi connectivity index (χ4n) is 1.26. The smallest absolute Gasteiger partial charge is 0.309 e. The van der Waals surface area contributed by atoms with Crippen molar-refractivity contribution in [3.05, 3.63) is 27.5 Å². The summed E-state index contributed by atoms with van der Waals surface area (Å²) >= 11 is 6.04. The number of carboxylic acid groups (broad SMARTS) is 1. The Morgan fingerprint density at radius 2 is 2.19 bits per heavy atom. The zero-order valence-corrected chi connectivity index (χ0v) is 11.1. The molecule has 1 heterocycles. The Bertz CT molecular complexity index is 413. The Kier molecular flexibility index (Phi) is 4.79. The Morgan fingerprint density at radius 1 is 1.56 bits per heavy atom. The summed E-state index contributed by atoms with van der Waals surface area (Å²) in [6.45, 7) is 0. The van der Waals surface area contributed by atoms with Gasteiger partial charge in [-0.15, -0.1) is 0 Å². The number of hydrogen-bond donors (Lipinski definition) is 1. The van der Waals surface area contributed by atoms with Crippen LogP contribution in [0.5, 0.6) is 0 Å². The van der Waals surface area contributed by atoms with E-state index in [0.717, 1.165) is 0 Å². The molecular formula is C9H7Br2F2NO2. The maximum atomic E-state index is 12.8. The molecule has 0 radical (unpaired) electrons. The first-order valence-electron chi connectivity index (χ1n) is 4.19. The Balaban J connectivity index is 3.30. The molecule has 0 atom stereocenters. The van der Waals surface area contributed by atoms with Gasteiger partial charge in [0.2, 0.25) is 0 Å². The molecule has 1 aromatic rings. The number of alkyl halides is 3. The first kappa shape index (κ1) is 13.5. The predicted octanol–water partition coefficient (Wildman–Crippen LogP) is 3.30. The van der Waals surface area contributed by atoms with Crippen LogP contribution in [-0.2, 0) is 16.5 Å². The monoisotopic (exact) mass is 357 g/mol. The van der Waals surface area contributed by atoms with Gasteiger partial charge < -0.3 is 5.11 Å². The maximum absolute atomic E-state index is 12.8. The number of rotatable bonds is 4. The minimum atomic E-state index is -2.67. The minimum Gasteiger partial charge on any atom is -0.481 e. The quantitative estimate of drug-likeness (QED) is 0.840. The van der Waals surface area contributed by atoms with E-state index in [0.29, 0.717) is 0 Å². The molecule has 0 bridgehead atoms. The molecule has 1 rings (SSSR count). The van der Waals surface area contributed by atoms with E-state index < -0.39 is 12.4 Å². The average molecular weight is 359 g/mol. The van der Waals surface area contributed by atoms with Crippen molar-refractivity contribution in [2.24, 2.45) is 0 Å². The van der Waals surface area contributed by atoms with E-state index in [1.54, 1.807) is 0 Å². The van der Waals surface area contributed by atoms with Gasteiger partial charge in [-0.2, -0.15) is 0 Å². The van der Waals surface area contributed by atoms with Gasteiger partial charge >= 0.3 is 5.97 Å². The van der Waals surface area contributed by atoms with Gasteiger partial charge in [0, 0.05) is 21.6 Å². The molecule has 0 aromatic carbocycles. The highest BCUT2D eigenvalue weighted by Crippen LogP contribution is 2.32. The van der Waals surface area contributed by atoms with Crippen molar-refractivity contribution in [2.75, 3.05) is 0 Å². The standard InChI is InChI=1S/C9H7Br2F2NO2/c10-2-4-6(1-7(15)16)14-3-5(11)8(4)9(12)13/h3,9H,1-2H2,(H,15,16). The Hall–Kier alpha value is -0.560. The summed E-state index contributed by atoms with van der Waals surface area (Å²) in [6.07, 6.45) is -1.84.